The lowest BCUT2D eigenvalue weighted by Gasteiger charge is -2.20. The fourth-order valence-electron chi connectivity index (χ4n) is 0.915. The molecule has 0 saturated carbocycles. The van der Waals surface area contributed by atoms with Gasteiger partial charge in [0, 0.05) is 6.04 Å². The van der Waals surface area contributed by atoms with Crippen molar-refractivity contribution in [3.05, 3.63) is 0 Å². The van der Waals surface area contributed by atoms with Crippen molar-refractivity contribution < 1.29 is 19.5 Å². The predicted molar refractivity (Wildman–Crippen MR) is 45.5 cm³/mol. The van der Waals surface area contributed by atoms with Crippen molar-refractivity contribution in [1.29, 1.82) is 0 Å². The SMILES string of the molecule is CC(C)CC(N)C(O)P(=O)(O)O. The van der Waals surface area contributed by atoms with Crippen LogP contribution in [0.2, 0.25) is 0 Å². The molecule has 0 radical (unpaired) electrons. The van der Waals surface area contributed by atoms with Gasteiger partial charge in [-0.25, -0.2) is 0 Å². The molecule has 0 rings (SSSR count). The zero-order chi connectivity index (χ0) is 9.94. The highest BCUT2D eigenvalue weighted by Gasteiger charge is 2.32. The smallest absolute Gasteiger partial charge is 0.355 e. The van der Waals surface area contributed by atoms with Crippen LogP contribution in [0.3, 0.4) is 0 Å². The first kappa shape index (κ1) is 12.1. The Morgan fingerprint density at radius 1 is 1.42 bits per heavy atom. The monoisotopic (exact) mass is 197 g/mol. The van der Waals surface area contributed by atoms with Crippen molar-refractivity contribution in [2.75, 3.05) is 0 Å². The number of nitrogens with two attached hydrogens (primary N) is 1. The molecule has 12 heavy (non-hydrogen) atoms. The molecule has 0 heterocycles. The number of aliphatic hydroxyl groups is 1. The Bertz CT molecular complexity index is 178. The molecule has 0 spiro atoms. The largest absolute Gasteiger partial charge is 0.379 e. The van der Waals surface area contributed by atoms with E-state index in [-0.39, 0.29) is 5.92 Å². The minimum absolute atomic E-state index is 0.209. The maximum atomic E-state index is 10.5. The second-order valence-electron chi connectivity index (χ2n) is 3.30. The lowest BCUT2D eigenvalue weighted by molar-refractivity contribution is 0.167. The van der Waals surface area contributed by atoms with Crippen molar-refractivity contribution in [3.63, 3.8) is 0 Å². The van der Waals surface area contributed by atoms with Crippen LogP contribution in [0.4, 0.5) is 0 Å². The molecule has 0 saturated heterocycles. The van der Waals surface area contributed by atoms with Crippen molar-refractivity contribution in [1.82, 2.24) is 0 Å². The maximum Gasteiger partial charge on any atom is 0.355 e. The van der Waals surface area contributed by atoms with Crippen LogP contribution in [0.1, 0.15) is 20.3 Å². The van der Waals surface area contributed by atoms with Gasteiger partial charge < -0.3 is 20.6 Å². The van der Waals surface area contributed by atoms with Gasteiger partial charge in [-0.15, -0.1) is 0 Å². The van der Waals surface area contributed by atoms with Crippen LogP contribution in [-0.4, -0.2) is 26.8 Å². The summed E-state index contributed by atoms with van der Waals surface area (Å²) in [5.74, 6) is -1.53. The van der Waals surface area contributed by atoms with E-state index in [0.29, 0.717) is 6.42 Å². The van der Waals surface area contributed by atoms with E-state index in [9.17, 15) is 4.57 Å². The second kappa shape index (κ2) is 4.35. The van der Waals surface area contributed by atoms with Crippen LogP contribution in [0.5, 0.6) is 0 Å². The molecule has 0 bridgehead atoms. The topological polar surface area (TPSA) is 104 Å². The average molecular weight is 197 g/mol. The van der Waals surface area contributed by atoms with Crippen molar-refractivity contribution >= 4 is 7.60 Å². The lowest BCUT2D eigenvalue weighted by Crippen LogP contribution is -2.35. The zero-order valence-electron chi connectivity index (χ0n) is 7.21. The van der Waals surface area contributed by atoms with Gasteiger partial charge in [-0.2, -0.15) is 0 Å². The maximum absolute atomic E-state index is 10.5. The van der Waals surface area contributed by atoms with Crippen LogP contribution in [0.25, 0.3) is 0 Å². The summed E-state index contributed by atoms with van der Waals surface area (Å²) < 4.78 is 10.5. The molecule has 0 aliphatic rings. The molecule has 5 nitrogen and oxygen atoms in total. The average Bonchev–Trinajstić information content (AvgIpc) is 1.82. The van der Waals surface area contributed by atoms with Gasteiger partial charge in [0.1, 0.15) is 0 Å². The Hall–Kier alpha value is 0.0700. The molecule has 0 aliphatic carbocycles. The third kappa shape index (κ3) is 4.18. The van der Waals surface area contributed by atoms with Gasteiger partial charge >= 0.3 is 7.60 Å². The van der Waals surface area contributed by atoms with E-state index in [0.717, 1.165) is 0 Å². The molecule has 74 valence electrons. The molecule has 0 aromatic heterocycles. The Labute approximate surface area is 71.7 Å². The molecule has 2 atom stereocenters. The quantitative estimate of drug-likeness (QED) is 0.469. The van der Waals surface area contributed by atoms with Crippen molar-refractivity contribution in [3.8, 4) is 0 Å². The summed E-state index contributed by atoms with van der Waals surface area (Å²) in [7, 11) is -4.44. The molecule has 0 fully saturated rings. The van der Waals surface area contributed by atoms with Gasteiger partial charge in [-0.1, -0.05) is 13.8 Å². The second-order valence-corrected chi connectivity index (χ2v) is 5.00. The first-order valence-corrected chi connectivity index (χ1v) is 5.42. The van der Waals surface area contributed by atoms with E-state index in [1.165, 1.54) is 0 Å². The van der Waals surface area contributed by atoms with E-state index >= 15 is 0 Å². The van der Waals surface area contributed by atoms with E-state index in [2.05, 4.69) is 0 Å². The molecule has 6 heteroatoms. The summed E-state index contributed by atoms with van der Waals surface area (Å²) >= 11 is 0. The molecule has 0 aromatic rings. The standard InChI is InChI=1S/C6H16NO4P/c1-4(2)3-5(7)6(8)12(9,10)11/h4-6,8H,3,7H2,1-2H3,(H2,9,10,11). The van der Waals surface area contributed by atoms with Crippen molar-refractivity contribution in [2.45, 2.75) is 32.2 Å². The lowest BCUT2D eigenvalue weighted by atomic mass is 10.1. The number of hydrogen-bond acceptors (Lipinski definition) is 3. The third-order valence-electron chi connectivity index (χ3n) is 1.47. The van der Waals surface area contributed by atoms with Crippen LogP contribution in [0, 0.1) is 5.92 Å². The van der Waals surface area contributed by atoms with Crippen LogP contribution < -0.4 is 5.73 Å². The normalized spacial score (nSPS) is 17.9. The van der Waals surface area contributed by atoms with E-state index in [1.54, 1.807) is 0 Å². The van der Waals surface area contributed by atoms with E-state index in [4.69, 9.17) is 20.6 Å². The first-order chi connectivity index (χ1) is 5.25. The summed E-state index contributed by atoms with van der Waals surface area (Å²) in [5, 5.41) is 9.01. The van der Waals surface area contributed by atoms with Crippen LogP contribution >= 0.6 is 7.60 Å². The molecule has 0 aliphatic heterocycles. The molecule has 0 aromatic carbocycles. The van der Waals surface area contributed by atoms with E-state index < -0.39 is 19.5 Å². The van der Waals surface area contributed by atoms with Gasteiger partial charge in [0.15, 0.2) is 5.85 Å². The molecule has 0 amide bonds. The summed E-state index contributed by atoms with van der Waals surface area (Å²) in [6.07, 6.45) is 0.395. The minimum atomic E-state index is -4.44. The van der Waals surface area contributed by atoms with Crippen LogP contribution in [-0.2, 0) is 4.57 Å². The highest BCUT2D eigenvalue weighted by molar-refractivity contribution is 7.52. The summed E-state index contributed by atoms with van der Waals surface area (Å²) in [5.41, 5.74) is 5.36. The Kier molecular flexibility index (Phi) is 4.37. The van der Waals surface area contributed by atoms with Crippen LogP contribution in [0.15, 0.2) is 0 Å². The van der Waals surface area contributed by atoms with Gasteiger partial charge in [0.25, 0.3) is 0 Å². The number of hydrogen-bond donors (Lipinski definition) is 4. The Morgan fingerprint density at radius 3 is 2.08 bits per heavy atom. The van der Waals surface area contributed by atoms with Crippen molar-refractivity contribution in [2.24, 2.45) is 11.7 Å². The summed E-state index contributed by atoms with van der Waals surface area (Å²) in [4.78, 5) is 17.1. The molecular formula is C6H16NO4P. The van der Waals surface area contributed by atoms with Gasteiger partial charge in [0.2, 0.25) is 0 Å². The Morgan fingerprint density at radius 2 is 1.83 bits per heavy atom. The van der Waals surface area contributed by atoms with E-state index in [1.807, 2.05) is 13.8 Å². The van der Waals surface area contributed by atoms with Gasteiger partial charge in [-0.3, -0.25) is 4.57 Å². The fraction of sp³-hybridized carbons (Fsp3) is 1.00. The summed E-state index contributed by atoms with van der Waals surface area (Å²) in [6, 6.07) is -0.856. The minimum Gasteiger partial charge on any atom is -0.379 e. The third-order valence-corrected chi connectivity index (χ3v) is 2.54. The number of rotatable bonds is 4. The zero-order valence-corrected chi connectivity index (χ0v) is 8.11. The Balaban J connectivity index is 4.11. The molecule has 5 N–H and O–H groups in total. The summed E-state index contributed by atoms with van der Waals surface area (Å²) in [6.45, 7) is 3.73. The first-order valence-electron chi connectivity index (χ1n) is 3.74. The number of aliphatic hydroxyl groups excluding tert-OH is 1. The highest BCUT2D eigenvalue weighted by atomic mass is 31.2. The predicted octanol–water partition coefficient (Wildman–Crippen LogP) is -0.144. The molecule has 2 unspecified atom stereocenters. The fourth-order valence-corrected chi connectivity index (χ4v) is 1.54. The van der Waals surface area contributed by atoms with Gasteiger partial charge in [0.05, 0.1) is 0 Å². The van der Waals surface area contributed by atoms with Gasteiger partial charge in [-0.05, 0) is 12.3 Å². The highest BCUT2D eigenvalue weighted by Crippen LogP contribution is 2.41. The molecular weight excluding hydrogens is 181 g/mol.